The van der Waals surface area contributed by atoms with Crippen molar-refractivity contribution in [2.24, 2.45) is 5.73 Å². The number of benzene rings is 4. The van der Waals surface area contributed by atoms with Gasteiger partial charge in [0.05, 0.1) is 0 Å². The second kappa shape index (κ2) is 12.5. The summed E-state index contributed by atoms with van der Waals surface area (Å²) < 4.78 is 3.96. The predicted octanol–water partition coefficient (Wildman–Crippen LogP) is 12.0. The molecule has 1 nitrogen and oxygen atoms in total. The number of aryl methyl sites for hydroxylation is 1. The second-order valence-corrected chi connectivity index (χ2v) is 12.9. The van der Waals surface area contributed by atoms with Crippen LogP contribution in [0.2, 0.25) is 0 Å². The van der Waals surface area contributed by atoms with Crippen LogP contribution in [0.5, 0.6) is 0 Å². The van der Waals surface area contributed by atoms with Crippen molar-refractivity contribution >= 4 is 59.0 Å². The Hall–Kier alpha value is -4.02. The summed E-state index contributed by atoms with van der Waals surface area (Å²) in [5, 5.41) is 3.93. The van der Waals surface area contributed by atoms with Gasteiger partial charge in [-0.15, -0.1) is 22.7 Å². The van der Waals surface area contributed by atoms with Crippen LogP contribution >= 0.6 is 22.7 Å². The van der Waals surface area contributed by atoms with Gasteiger partial charge in [-0.1, -0.05) is 85.9 Å². The van der Waals surface area contributed by atoms with Gasteiger partial charge in [0, 0.05) is 41.2 Å². The summed E-state index contributed by atoms with van der Waals surface area (Å²) in [5.41, 5.74) is 14.0. The van der Waals surface area contributed by atoms with Gasteiger partial charge in [-0.05, 0) is 102 Å². The van der Waals surface area contributed by atoms with Gasteiger partial charge < -0.3 is 5.73 Å². The van der Waals surface area contributed by atoms with Gasteiger partial charge >= 0.3 is 0 Å². The highest BCUT2D eigenvalue weighted by molar-refractivity contribution is 7.25. The van der Waals surface area contributed by atoms with Crippen LogP contribution in [0.1, 0.15) is 42.3 Å². The van der Waals surface area contributed by atoms with E-state index in [9.17, 15) is 0 Å². The van der Waals surface area contributed by atoms with E-state index >= 15 is 0 Å². The summed E-state index contributed by atoms with van der Waals surface area (Å²) in [7, 11) is 0. The van der Waals surface area contributed by atoms with Crippen molar-refractivity contribution in [2.45, 2.75) is 33.2 Å². The number of fused-ring (bicyclic) bond motifs is 4. The van der Waals surface area contributed by atoms with Gasteiger partial charge in [-0.3, -0.25) is 0 Å². The van der Waals surface area contributed by atoms with Gasteiger partial charge in [0.25, 0.3) is 0 Å². The Balaban J connectivity index is 1.48. The third-order valence-electron chi connectivity index (χ3n) is 7.65. The van der Waals surface area contributed by atoms with Crippen LogP contribution in [-0.2, 0) is 0 Å². The van der Waals surface area contributed by atoms with Gasteiger partial charge in [0.15, 0.2) is 0 Å². The van der Waals surface area contributed by atoms with Crippen LogP contribution in [0.3, 0.4) is 0 Å². The molecule has 0 aliphatic rings. The van der Waals surface area contributed by atoms with Gasteiger partial charge in [-0.25, -0.2) is 0 Å². The first-order chi connectivity index (χ1) is 20.6. The van der Waals surface area contributed by atoms with E-state index < -0.39 is 0 Å². The fraction of sp³-hybridized carbons (Fsp3) is 0.128. The monoisotopic (exact) mass is 581 g/mol. The molecule has 0 amide bonds. The van der Waals surface area contributed by atoms with Crippen LogP contribution in [-0.4, -0.2) is 0 Å². The molecule has 0 saturated heterocycles. The van der Waals surface area contributed by atoms with E-state index in [1.165, 1.54) is 63.0 Å². The maximum atomic E-state index is 6.79. The largest absolute Gasteiger partial charge is 0.321 e. The lowest BCUT2D eigenvalue weighted by Gasteiger charge is -2.14. The molecule has 0 spiro atoms. The zero-order valence-corrected chi connectivity index (χ0v) is 25.9. The molecule has 0 radical (unpaired) electrons. The van der Waals surface area contributed by atoms with E-state index in [0.29, 0.717) is 0 Å². The lowest BCUT2D eigenvalue weighted by atomic mass is 9.92. The fourth-order valence-corrected chi connectivity index (χ4v) is 7.63. The predicted molar refractivity (Wildman–Crippen MR) is 190 cm³/mol. The number of hydrogen-bond acceptors (Lipinski definition) is 3. The van der Waals surface area contributed by atoms with Crippen LogP contribution in [0.25, 0.3) is 58.6 Å². The molecule has 208 valence electrons. The molecule has 2 heterocycles. The van der Waals surface area contributed by atoms with Crippen molar-refractivity contribution in [2.75, 3.05) is 0 Å². The van der Waals surface area contributed by atoms with Crippen LogP contribution in [0, 0.1) is 6.92 Å². The molecule has 0 bridgehead atoms. The van der Waals surface area contributed by atoms with E-state index in [4.69, 9.17) is 5.73 Å². The van der Waals surface area contributed by atoms with Crippen molar-refractivity contribution < 1.29 is 0 Å². The molecule has 1 atom stereocenters. The molecule has 6 aromatic rings. The van der Waals surface area contributed by atoms with Gasteiger partial charge in [-0.2, -0.15) is 0 Å². The topological polar surface area (TPSA) is 26.0 Å². The molecular formula is C39H35NS2. The average Bonchev–Trinajstić information content (AvgIpc) is 3.54. The normalized spacial score (nSPS) is 13.3. The summed E-state index contributed by atoms with van der Waals surface area (Å²) in [4.78, 5) is 1.35. The van der Waals surface area contributed by atoms with Crippen LogP contribution in [0.15, 0.2) is 121 Å². The Morgan fingerprint density at radius 3 is 2.10 bits per heavy atom. The first-order valence-electron chi connectivity index (χ1n) is 14.5. The molecule has 2 aromatic heterocycles. The standard InChI is InChI=1S/C39H35NS2/c1-4-6-7-8-9-10-15-36(40)31-22-29(27-17-19-38-34(24-27)32(13-5-2)26(3)41-38)21-30(23-31)28-18-20-39-35(25-28)33-14-11-12-16-37(33)42-39/h5-25,36H,4,40H2,1-3H3/b7-6-,9-8-,13-5-,15-10+. The third-order valence-corrected chi connectivity index (χ3v) is 9.91. The Labute approximate surface area is 256 Å². The number of thiophene rings is 2. The summed E-state index contributed by atoms with van der Waals surface area (Å²) >= 11 is 3.71. The van der Waals surface area contributed by atoms with E-state index in [2.05, 4.69) is 136 Å². The Kier molecular flexibility index (Phi) is 8.34. The smallest absolute Gasteiger partial charge is 0.0484 e. The molecule has 3 heteroatoms. The molecule has 4 aromatic carbocycles. The molecule has 0 fully saturated rings. The molecule has 42 heavy (non-hydrogen) atoms. The zero-order valence-electron chi connectivity index (χ0n) is 24.3. The number of allylic oxidation sites excluding steroid dienone is 6. The van der Waals surface area contributed by atoms with E-state index in [1.807, 2.05) is 34.8 Å². The summed E-state index contributed by atoms with van der Waals surface area (Å²) in [5.74, 6) is 0. The summed E-state index contributed by atoms with van der Waals surface area (Å²) in [6, 6.07) is 29.0. The maximum absolute atomic E-state index is 6.79. The second-order valence-electron chi connectivity index (χ2n) is 10.6. The summed E-state index contributed by atoms with van der Waals surface area (Å²) in [6.07, 6.45) is 17.8. The minimum absolute atomic E-state index is 0.222. The lowest BCUT2D eigenvalue weighted by Crippen LogP contribution is -2.07. The first-order valence-corrected chi connectivity index (χ1v) is 16.2. The van der Waals surface area contributed by atoms with Gasteiger partial charge in [0.2, 0.25) is 0 Å². The Bertz CT molecular complexity index is 2010. The van der Waals surface area contributed by atoms with Crippen molar-refractivity contribution in [3.05, 3.63) is 137 Å². The molecule has 0 aliphatic carbocycles. The van der Waals surface area contributed by atoms with E-state index in [1.54, 1.807) is 0 Å². The molecule has 1 unspecified atom stereocenters. The van der Waals surface area contributed by atoms with E-state index in [-0.39, 0.29) is 6.04 Å². The maximum Gasteiger partial charge on any atom is 0.0484 e. The van der Waals surface area contributed by atoms with Crippen LogP contribution in [0.4, 0.5) is 0 Å². The van der Waals surface area contributed by atoms with Crippen molar-refractivity contribution in [1.29, 1.82) is 0 Å². The van der Waals surface area contributed by atoms with Gasteiger partial charge in [0.1, 0.15) is 0 Å². The molecular weight excluding hydrogens is 547 g/mol. The average molecular weight is 582 g/mol. The highest BCUT2D eigenvalue weighted by atomic mass is 32.1. The minimum Gasteiger partial charge on any atom is -0.321 e. The highest BCUT2D eigenvalue weighted by Gasteiger charge is 2.13. The zero-order chi connectivity index (χ0) is 29.1. The van der Waals surface area contributed by atoms with Crippen LogP contribution < -0.4 is 5.73 Å². The fourth-order valence-electron chi connectivity index (χ4n) is 5.51. The SMILES string of the molecule is C/C=C\c1c(C)sc2ccc(-c3cc(-c4ccc5sc6ccccc6c5c4)cc(C(N)/C=C/C=C\C=C/CC)c3)cc12. The number of hydrogen-bond donors (Lipinski definition) is 1. The minimum atomic E-state index is -0.222. The van der Waals surface area contributed by atoms with Crippen molar-refractivity contribution in [3.8, 4) is 22.3 Å². The van der Waals surface area contributed by atoms with Crippen molar-refractivity contribution in [1.82, 2.24) is 0 Å². The number of rotatable bonds is 8. The summed E-state index contributed by atoms with van der Waals surface area (Å²) in [6.45, 7) is 6.43. The quantitative estimate of drug-likeness (QED) is 0.178. The Morgan fingerprint density at radius 1 is 0.690 bits per heavy atom. The highest BCUT2D eigenvalue weighted by Crippen LogP contribution is 2.39. The van der Waals surface area contributed by atoms with Crippen molar-refractivity contribution in [3.63, 3.8) is 0 Å². The first kappa shape index (κ1) is 28.1. The molecule has 0 aliphatic heterocycles. The molecule has 0 saturated carbocycles. The lowest BCUT2D eigenvalue weighted by molar-refractivity contribution is 0.912. The Morgan fingerprint density at radius 2 is 1.36 bits per heavy atom. The molecule has 6 rings (SSSR count). The van der Waals surface area contributed by atoms with E-state index in [0.717, 1.165) is 12.0 Å². The third kappa shape index (κ3) is 5.69. The molecule has 2 N–H and O–H groups in total. The number of nitrogens with two attached hydrogens (primary N) is 1.